The molecular formula is C16H27NO2S2. The summed E-state index contributed by atoms with van der Waals surface area (Å²) in [5.74, 6) is 0.506. The van der Waals surface area contributed by atoms with Crippen molar-refractivity contribution in [1.29, 1.82) is 0 Å². The quantitative estimate of drug-likeness (QED) is 0.835. The lowest BCUT2D eigenvalue weighted by molar-refractivity contribution is 0.266. The Morgan fingerprint density at radius 1 is 1.43 bits per heavy atom. The van der Waals surface area contributed by atoms with Crippen LogP contribution >= 0.6 is 11.3 Å². The predicted molar refractivity (Wildman–Crippen MR) is 90.7 cm³/mol. The summed E-state index contributed by atoms with van der Waals surface area (Å²) in [5, 5.41) is 5.44. The molecule has 0 saturated heterocycles. The van der Waals surface area contributed by atoms with Crippen molar-refractivity contribution in [2.24, 2.45) is 5.92 Å². The van der Waals surface area contributed by atoms with Gasteiger partial charge in [0.2, 0.25) is 0 Å². The zero-order valence-corrected chi connectivity index (χ0v) is 14.7. The second-order valence-electron chi connectivity index (χ2n) is 6.24. The van der Waals surface area contributed by atoms with Gasteiger partial charge in [0, 0.05) is 17.2 Å². The van der Waals surface area contributed by atoms with Crippen LogP contribution < -0.4 is 5.32 Å². The summed E-state index contributed by atoms with van der Waals surface area (Å²) in [7, 11) is -0.869. The van der Waals surface area contributed by atoms with E-state index < -0.39 is 9.84 Å². The molecule has 3 nitrogen and oxygen atoms in total. The minimum absolute atomic E-state index is 0.121. The van der Waals surface area contributed by atoms with Crippen LogP contribution in [0.2, 0.25) is 0 Å². The first kappa shape index (κ1) is 17.0. The van der Waals surface area contributed by atoms with Gasteiger partial charge in [0.25, 0.3) is 0 Å². The Hall–Kier alpha value is -0.390. The normalized spacial score (nSPS) is 24.9. The lowest BCUT2D eigenvalue weighted by Gasteiger charge is -2.33. The second-order valence-corrected chi connectivity index (χ2v) is 9.60. The first-order valence-electron chi connectivity index (χ1n) is 7.89. The standard InChI is InChI=1S/C16H27NO2S2/c1-17-16(10-4-7-14-8-5-11-20-14)13-6-3-9-15(12-13)21(2,18)19/h5,8,11,13,15-17H,3-4,6-7,9-10,12H2,1-2H3. The van der Waals surface area contributed by atoms with E-state index in [2.05, 4.69) is 22.8 Å². The molecule has 1 saturated carbocycles. The van der Waals surface area contributed by atoms with Gasteiger partial charge < -0.3 is 5.32 Å². The van der Waals surface area contributed by atoms with E-state index in [1.807, 2.05) is 18.4 Å². The minimum Gasteiger partial charge on any atom is -0.317 e. The van der Waals surface area contributed by atoms with Crippen LogP contribution in [0.4, 0.5) is 0 Å². The van der Waals surface area contributed by atoms with Gasteiger partial charge in [-0.1, -0.05) is 12.5 Å². The van der Waals surface area contributed by atoms with E-state index >= 15 is 0 Å². The van der Waals surface area contributed by atoms with Crippen molar-refractivity contribution in [3.05, 3.63) is 22.4 Å². The van der Waals surface area contributed by atoms with Gasteiger partial charge in [-0.15, -0.1) is 11.3 Å². The molecule has 3 unspecified atom stereocenters. The van der Waals surface area contributed by atoms with Crippen molar-refractivity contribution >= 4 is 21.2 Å². The summed E-state index contributed by atoms with van der Waals surface area (Å²) in [4.78, 5) is 1.45. The van der Waals surface area contributed by atoms with Crippen molar-refractivity contribution in [1.82, 2.24) is 5.32 Å². The second kappa shape index (κ2) is 7.75. The number of sulfone groups is 1. The third-order valence-corrected chi connectivity index (χ3v) is 7.31. The lowest BCUT2D eigenvalue weighted by atomic mass is 9.82. The summed E-state index contributed by atoms with van der Waals surface area (Å²) in [6.07, 6.45) is 8.73. The van der Waals surface area contributed by atoms with Crippen molar-refractivity contribution in [2.75, 3.05) is 13.3 Å². The van der Waals surface area contributed by atoms with Crippen LogP contribution in [-0.2, 0) is 16.3 Å². The van der Waals surface area contributed by atoms with Crippen molar-refractivity contribution in [2.45, 2.75) is 56.2 Å². The highest BCUT2D eigenvalue weighted by Crippen LogP contribution is 2.32. The monoisotopic (exact) mass is 329 g/mol. The minimum atomic E-state index is -2.88. The smallest absolute Gasteiger partial charge is 0.150 e. The van der Waals surface area contributed by atoms with Crippen molar-refractivity contribution in [3.8, 4) is 0 Å². The van der Waals surface area contributed by atoms with Crippen LogP contribution in [0.25, 0.3) is 0 Å². The first-order chi connectivity index (χ1) is 10.0. The lowest BCUT2D eigenvalue weighted by Crippen LogP contribution is -2.39. The van der Waals surface area contributed by atoms with Crippen LogP contribution in [0, 0.1) is 5.92 Å². The van der Waals surface area contributed by atoms with Gasteiger partial charge in [-0.05, 0) is 62.9 Å². The van der Waals surface area contributed by atoms with Crippen LogP contribution in [0.15, 0.2) is 17.5 Å². The molecule has 5 heteroatoms. The number of hydrogen-bond acceptors (Lipinski definition) is 4. The number of hydrogen-bond donors (Lipinski definition) is 1. The Kier molecular flexibility index (Phi) is 6.26. The van der Waals surface area contributed by atoms with Crippen LogP contribution in [0.3, 0.4) is 0 Å². The Labute approximate surface area is 133 Å². The Bertz CT molecular complexity index is 510. The third-order valence-electron chi connectivity index (χ3n) is 4.73. The summed E-state index contributed by atoms with van der Waals surface area (Å²) in [6.45, 7) is 0. The molecule has 1 N–H and O–H groups in total. The zero-order valence-electron chi connectivity index (χ0n) is 13.0. The molecule has 0 aromatic carbocycles. The fourth-order valence-corrected chi connectivity index (χ4v) is 5.45. The maximum atomic E-state index is 11.8. The van der Waals surface area contributed by atoms with Gasteiger partial charge >= 0.3 is 0 Å². The molecule has 1 heterocycles. The first-order valence-corrected chi connectivity index (χ1v) is 10.7. The molecule has 1 aliphatic carbocycles. The number of thiophene rings is 1. The zero-order chi connectivity index (χ0) is 15.3. The molecular weight excluding hydrogens is 302 g/mol. The van der Waals surface area contributed by atoms with E-state index in [9.17, 15) is 8.42 Å². The highest BCUT2D eigenvalue weighted by Gasteiger charge is 2.32. The molecule has 1 aliphatic rings. The van der Waals surface area contributed by atoms with Gasteiger partial charge in [0.05, 0.1) is 5.25 Å². The number of aryl methyl sites for hydroxylation is 1. The van der Waals surface area contributed by atoms with E-state index in [4.69, 9.17) is 0 Å². The van der Waals surface area contributed by atoms with Gasteiger partial charge in [-0.2, -0.15) is 0 Å². The Balaban J connectivity index is 1.85. The van der Waals surface area contributed by atoms with Crippen LogP contribution in [-0.4, -0.2) is 33.0 Å². The number of rotatable bonds is 7. The van der Waals surface area contributed by atoms with Crippen LogP contribution in [0.5, 0.6) is 0 Å². The molecule has 1 fully saturated rings. The molecule has 2 rings (SSSR count). The summed E-state index contributed by atoms with van der Waals surface area (Å²) < 4.78 is 23.6. The highest BCUT2D eigenvalue weighted by molar-refractivity contribution is 7.91. The maximum Gasteiger partial charge on any atom is 0.150 e. The van der Waals surface area contributed by atoms with E-state index in [1.54, 1.807) is 0 Å². The molecule has 0 amide bonds. The molecule has 0 radical (unpaired) electrons. The largest absolute Gasteiger partial charge is 0.317 e. The molecule has 3 atom stereocenters. The van der Waals surface area contributed by atoms with E-state index in [1.165, 1.54) is 17.6 Å². The van der Waals surface area contributed by atoms with Crippen molar-refractivity contribution in [3.63, 3.8) is 0 Å². The summed E-state index contributed by atoms with van der Waals surface area (Å²) >= 11 is 1.82. The molecule has 0 bridgehead atoms. The summed E-state index contributed by atoms with van der Waals surface area (Å²) in [5.41, 5.74) is 0. The third kappa shape index (κ3) is 5.08. The fraction of sp³-hybridized carbons (Fsp3) is 0.750. The molecule has 1 aromatic heterocycles. The Morgan fingerprint density at radius 3 is 2.86 bits per heavy atom. The molecule has 1 aromatic rings. The topological polar surface area (TPSA) is 46.2 Å². The van der Waals surface area contributed by atoms with Crippen LogP contribution in [0.1, 0.15) is 43.4 Å². The van der Waals surface area contributed by atoms with Gasteiger partial charge in [-0.3, -0.25) is 0 Å². The average Bonchev–Trinajstić information content (AvgIpc) is 2.96. The highest BCUT2D eigenvalue weighted by atomic mass is 32.2. The average molecular weight is 330 g/mol. The molecule has 21 heavy (non-hydrogen) atoms. The summed E-state index contributed by atoms with van der Waals surface area (Å²) in [6, 6.07) is 4.75. The van der Waals surface area contributed by atoms with Gasteiger partial charge in [0.1, 0.15) is 9.84 Å². The SMILES string of the molecule is CNC(CCCc1cccs1)C1CCCC(S(C)(=O)=O)C1. The number of nitrogens with one attached hydrogen (secondary N) is 1. The van der Waals surface area contributed by atoms with Crippen molar-refractivity contribution < 1.29 is 8.42 Å². The molecule has 0 aliphatic heterocycles. The van der Waals surface area contributed by atoms with E-state index in [-0.39, 0.29) is 5.25 Å². The van der Waals surface area contributed by atoms with E-state index in [0.717, 1.165) is 38.5 Å². The molecule has 0 spiro atoms. The maximum absolute atomic E-state index is 11.8. The molecule has 120 valence electrons. The van der Waals surface area contributed by atoms with E-state index in [0.29, 0.717) is 12.0 Å². The Morgan fingerprint density at radius 2 is 2.24 bits per heavy atom. The van der Waals surface area contributed by atoms with Gasteiger partial charge in [-0.25, -0.2) is 8.42 Å². The van der Waals surface area contributed by atoms with Gasteiger partial charge in [0.15, 0.2) is 0 Å². The predicted octanol–water partition coefficient (Wildman–Crippen LogP) is 3.26. The fourth-order valence-electron chi connectivity index (χ4n) is 3.50.